The van der Waals surface area contributed by atoms with E-state index in [1.54, 1.807) is 24.5 Å². The van der Waals surface area contributed by atoms with Gasteiger partial charge in [0.05, 0.1) is 27.8 Å². The van der Waals surface area contributed by atoms with Crippen LogP contribution in [0, 0.1) is 0 Å². The van der Waals surface area contributed by atoms with Gasteiger partial charge in [0.2, 0.25) is 5.69 Å². The highest BCUT2D eigenvalue weighted by molar-refractivity contribution is 6.25. The average molecular weight is 513 g/mol. The van der Waals surface area contributed by atoms with Crippen molar-refractivity contribution >= 4 is 45.9 Å². The lowest BCUT2D eigenvalue weighted by Crippen LogP contribution is -3.00. The van der Waals surface area contributed by atoms with Gasteiger partial charge in [-0.15, -0.1) is 0 Å². The maximum absolute atomic E-state index is 13.2. The third-order valence-corrected chi connectivity index (χ3v) is 5.90. The van der Waals surface area contributed by atoms with Crippen LogP contribution >= 0.6 is 0 Å². The number of alkyl halides is 3. The summed E-state index contributed by atoms with van der Waals surface area (Å²) in [6.07, 6.45) is -1.14. The zero-order valence-corrected chi connectivity index (χ0v) is 18.9. The zero-order valence-electron chi connectivity index (χ0n) is 18.2. The first-order valence-corrected chi connectivity index (χ1v) is 10.4. The second kappa shape index (κ2) is 9.01. The van der Waals surface area contributed by atoms with Crippen LogP contribution in [0.1, 0.15) is 43.0 Å². The fourth-order valence-corrected chi connectivity index (χ4v) is 4.21. The molecule has 0 aliphatic carbocycles. The second-order valence-electron chi connectivity index (χ2n) is 7.99. The van der Waals surface area contributed by atoms with E-state index in [-0.39, 0.29) is 23.5 Å². The minimum atomic E-state index is -4.49. The highest BCUT2D eigenvalue weighted by Gasteiger charge is 2.31. The van der Waals surface area contributed by atoms with Crippen molar-refractivity contribution in [3.8, 4) is 0 Å². The molecule has 0 saturated heterocycles. The maximum atomic E-state index is 13.2. The first-order chi connectivity index (χ1) is 16.6. The van der Waals surface area contributed by atoms with Gasteiger partial charge >= 0.3 is 18.1 Å². The summed E-state index contributed by atoms with van der Waals surface area (Å²) in [5.74, 6) is -2.17. The topological polar surface area (TPSA) is 104 Å². The van der Waals surface area contributed by atoms with Crippen LogP contribution in [0.2, 0.25) is 0 Å². The average Bonchev–Trinajstić information content (AvgIpc) is 3.43. The van der Waals surface area contributed by atoms with Gasteiger partial charge in [0.1, 0.15) is 0 Å². The fourth-order valence-electron chi connectivity index (χ4n) is 4.21. The van der Waals surface area contributed by atoms with Crippen molar-refractivity contribution in [2.24, 2.45) is 0 Å². The van der Waals surface area contributed by atoms with Crippen LogP contribution in [-0.2, 0) is 6.18 Å². The van der Waals surface area contributed by atoms with Crippen LogP contribution < -0.4 is 17.4 Å². The van der Waals surface area contributed by atoms with Gasteiger partial charge in [-0.1, -0.05) is 18.2 Å². The van der Waals surface area contributed by atoms with E-state index in [1.807, 2.05) is 0 Å². The molecule has 3 aromatic carbocycles. The lowest BCUT2D eigenvalue weighted by Gasteiger charge is -2.12. The number of carbonyl (C=O) groups is 2. The predicted octanol–water partition coefficient (Wildman–Crippen LogP) is 1.34. The lowest BCUT2D eigenvalue weighted by molar-refractivity contribution is -0.342. The number of H-pyrrole nitrogens is 1. The number of aromatic carboxylic acids is 2. The largest absolute Gasteiger partial charge is 1.00 e. The number of nitrogens with one attached hydrogen (secondary N) is 2. The molecule has 0 radical (unpaired) electrons. The summed E-state index contributed by atoms with van der Waals surface area (Å²) >= 11 is 0. The van der Waals surface area contributed by atoms with E-state index < -0.39 is 23.7 Å². The minimum absolute atomic E-state index is 0. The maximum Gasteiger partial charge on any atom is 0.416 e. The molecule has 1 aliphatic rings. The normalized spacial score (nSPS) is 13.9. The number of hydrogen-bond donors (Lipinski definition) is 4. The Labute approximate surface area is 207 Å². The van der Waals surface area contributed by atoms with Crippen LogP contribution in [0.15, 0.2) is 66.9 Å². The fraction of sp³-hybridized carbons (Fsp3) is 0.0385. The molecule has 0 saturated carbocycles. The van der Waals surface area contributed by atoms with Gasteiger partial charge in [-0.05, 0) is 42.0 Å². The van der Waals surface area contributed by atoms with E-state index in [2.05, 4.69) is 9.98 Å². The Hall–Kier alpha value is -4.37. The molecule has 0 amide bonds. The molecule has 4 aromatic rings. The number of carboxylic acids is 2. The summed E-state index contributed by atoms with van der Waals surface area (Å²) in [6, 6.07) is 14.0. The van der Waals surface area contributed by atoms with E-state index in [4.69, 9.17) is 0 Å². The molecule has 0 atom stereocenters. The van der Waals surface area contributed by atoms with Crippen molar-refractivity contribution in [1.29, 1.82) is 0 Å². The third-order valence-electron chi connectivity index (χ3n) is 5.90. The van der Waals surface area contributed by atoms with E-state index in [9.17, 15) is 33.0 Å². The molecule has 4 N–H and O–H groups in total. The molecule has 6 nitrogen and oxygen atoms in total. The monoisotopic (exact) mass is 512 g/mol. The lowest BCUT2D eigenvalue weighted by atomic mass is 9.89. The predicted molar refractivity (Wildman–Crippen MR) is 123 cm³/mol. The van der Waals surface area contributed by atoms with Gasteiger partial charge in [0.25, 0.3) is 0 Å². The summed E-state index contributed by atoms with van der Waals surface area (Å²) in [5, 5.41) is 19.3. The number of halogens is 4. The Bertz CT molecular complexity index is 1590. The van der Waals surface area contributed by atoms with Crippen molar-refractivity contribution in [1.82, 2.24) is 4.98 Å². The Morgan fingerprint density at radius 1 is 0.833 bits per heavy atom. The number of aromatic amines is 1. The summed E-state index contributed by atoms with van der Waals surface area (Å²) in [5.41, 5.74) is 3.60. The molecule has 2 heterocycles. The highest BCUT2D eigenvalue weighted by atomic mass is 35.5. The summed E-state index contributed by atoms with van der Waals surface area (Å²) in [4.78, 5) is 28.8. The van der Waals surface area contributed by atoms with Crippen LogP contribution in [-0.4, -0.2) is 33.4 Å². The van der Waals surface area contributed by atoms with Gasteiger partial charge < -0.3 is 27.6 Å². The van der Waals surface area contributed by atoms with E-state index in [0.717, 1.165) is 12.1 Å². The number of allylic oxidation sites excluding steroid dienone is 1. The molecule has 5 rings (SSSR count). The van der Waals surface area contributed by atoms with Crippen molar-refractivity contribution in [3.05, 3.63) is 100 Å². The van der Waals surface area contributed by atoms with E-state index in [0.29, 0.717) is 44.4 Å². The summed E-state index contributed by atoms with van der Waals surface area (Å²) < 4.78 is 39.5. The van der Waals surface area contributed by atoms with Crippen LogP contribution in [0.4, 0.5) is 18.9 Å². The smallest absolute Gasteiger partial charge is 0.416 e. The van der Waals surface area contributed by atoms with E-state index in [1.165, 1.54) is 36.4 Å². The number of carboxylic acid groups (broad SMARTS) is 2. The Balaban J connectivity index is 0.00000304. The minimum Gasteiger partial charge on any atom is -1.00 e. The first kappa shape index (κ1) is 24.7. The Kier molecular flexibility index (Phi) is 6.19. The van der Waals surface area contributed by atoms with Gasteiger partial charge in [-0.3, -0.25) is 0 Å². The molecular formula is C26H16ClF3N2O4. The summed E-state index contributed by atoms with van der Waals surface area (Å²) in [6.45, 7) is 0. The molecule has 10 heteroatoms. The molecule has 36 heavy (non-hydrogen) atoms. The zero-order chi connectivity index (χ0) is 24.9. The van der Waals surface area contributed by atoms with Gasteiger partial charge in [-0.25, -0.2) is 14.6 Å². The Morgan fingerprint density at radius 2 is 1.44 bits per heavy atom. The Morgan fingerprint density at radius 3 is 2.08 bits per heavy atom. The number of fused-ring (bicyclic) bond motifs is 2. The molecule has 0 fully saturated rings. The number of benzene rings is 3. The van der Waals surface area contributed by atoms with E-state index >= 15 is 0 Å². The van der Waals surface area contributed by atoms with Crippen molar-refractivity contribution in [2.75, 3.05) is 0 Å². The molecular weight excluding hydrogens is 497 g/mol. The SMILES string of the molecule is O=C(O)c1ccc2c(c1)[NH+]=CC2=C(c1ccc(C(F)(F)F)cc1)c1c[nH]c2cc(C(=O)O)ccc12.[Cl-]. The van der Waals surface area contributed by atoms with Gasteiger partial charge in [0.15, 0.2) is 6.21 Å². The van der Waals surface area contributed by atoms with Crippen LogP contribution in [0.25, 0.3) is 22.0 Å². The number of aromatic nitrogens is 1. The third kappa shape index (κ3) is 4.25. The highest BCUT2D eigenvalue weighted by Crippen LogP contribution is 2.39. The van der Waals surface area contributed by atoms with Gasteiger partial charge in [-0.2, -0.15) is 13.2 Å². The standard InChI is InChI=1S/C26H15F3N2O4.ClH/c27-26(28,29)16-5-1-13(2-6-16)23(19-11-30-21-9-14(24(32)33)3-7-17(19)21)20-12-31-22-10-15(25(34)35)4-8-18(20)22;/h1-12,30H,(H,32,33)(H,34,35);1H. The first-order valence-electron chi connectivity index (χ1n) is 10.4. The van der Waals surface area contributed by atoms with Crippen molar-refractivity contribution in [3.63, 3.8) is 0 Å². The quantitative estimate of drug-likeness (QED) is 0.331. The number of hydrogen-bond acceptors (Lipinski definition) is 2. The van der Waals surface area contributed by atoms with Crippen LogP contribution in [0.3, 0.4) is 0 Å². The molecule has 0 bridgehead atoms. The van der Waals surface area contributed by atoms with Crippen LogP contribution in [0.5, 0.6) is 0 Å². The number of rotatable bonds is 4. The molecule has 0 unspecified atom stereocenters. The molecule has 1 aliphatic heterocycles. The summed E-state index contributed by atoms with van der Waals surface area (Å²) in [7, 11) is 0. The molecule has 182 valence electrons. The molecule has 1 aromatic heterocycles. The molecule has 0 spiro atoms. The second-order valence-corrected chi connectivity index (χ2v) is 7.99. The van der Waals surface area contributed by atoms with Crippen molar-refractivity contribution in [2.45, 2.75) is 6.18 Å². The van der Waals surface area contributed by atoms with Gasteiger partial charge in [0, 0.05) is 34.3 Å². The van der Waals surface area contributed by atoms with Crippen molar-refractivity contribution < 1.29 is 50.4 Å².